The molecule has 1 rings (SSSR count). The van der Waals surface area contributed by atoms with E-state index in [1.54, 1.807) is 4.90 Å². The van der Waals surface area contributed by atoms with Crippen LogP contribution in [-0.4, -0.2) is 18.5 Å². The summed E-state index contributed by atoms with van der Waals surface area (Å²) in [4.78, 5) is 14.0. The zero-order valence-corrected chi connectivity index (χ0v) is 11.8. The minimum Gasteiger partial charge on any atom is -0.327 e. The lowest BCUT2D eigenvalue weighted by Crippen LogP contribution is -2.38. The number of aryl methyl sites for hydroxylation is 1. The summed E-state index contributed by atoms with van der Waals surface area (Å²) in [5.41, 5.74) is 8.11. The molecule has 0 radical (unpaired) electrons. The lowest BCUT2D eigenvalue weighted by Gasteiger charge is -2.24. The summed E-state index contributed by atoms with van der Waals surface area (Å²) >= 11 is 0. The predicted molar refractivity (Wildman–Crippen MR) is 76.6 cm³/mol. The van der Waals surface area contributed by atoms with Crippen molar-refractivity contribution >= 4 is 11.6 Å². The number of nitrogens with two attached hydrogens (primary N) is 1. The predicted octanol–water partition coefficient (Wildman–Crippen LogP) is 2.72. The monoisotopic (exact) mass is 248 g/mol. The van der Waals surface area contributed by atoms with E-state index in [4.69, 9.17) is 5.73 Å². The van der Waals surface area contributed by atoms with Gasteiger partial charge in [0, 0.05) is 24.7 Å². The number of carbonyl (C=O) groups is 1. The SMILES string of the molecule is CCN(C(=O)CC(N)C(C)C)c1ccc(C)cc1. The fourth-order valence-corrected chi connectivity index (χ4v) is 1.78. The normalized spacial score (nSPS) is 12.6. The van der Waals surface area contributed by atoms with Gasteiger partial charge in [0.15, 0.2) is 0 Å². The largest absolute Gasteiger partial charge is 0.327 e. The molecule has 0 aliphatic carbocycles. The third-order valence-electron chi connectivity index (χ3n) is 3.23. The molecule has 0 aliphatic heterocycles. The van der Waals surface area contributed by atoms with Crippen LogP contribution in [0.15, 0.2) is 24.3 Å². The zero-order chi connectivity index (χ0) is 13.7. The van der Waals surface area contributed by atoms with Gasteiger partial charge >= 0.3 is 0 Å². The molecule has 0 saturated heterocycles. The molecule has 3 heteroatoms. The van der Waals surface area contributed by atoms with E-state index in [0.29, 0.717) is 18.9 Å². The van der Waals surface area contributed by atoms with E-state index in [2.05, 4.69) is 0 Å². The maximum absolute atomic E-state index is 12.2. The van der Waals surface area contributed by atoms with E-state index < -0.39 is 0 Å². The summed E-state index contributed by atoms with van der Waals surface area (Å²) in [6, 6.07) is 7.94. The number of carbonyl (C=O) groups excluding carboxylic acids is 1. The summed E-state index contributed by atoms with van der Waals surface area (Å²) < 4.78 is 0. The van der Waals surface area contributed by atoms with E-state index in [0.717, 1.165) is 5.69 Å². The highest BCUT2D eigenvalue weighted by Gasteiger charge is 2.18. The van der Waals surface area contributed by atoms with E-state index >= 15 is 0 Å². The molecule has 0 fully saturated rings. The molecule has 1 unspecified atom stereocenters. The highest BCUT2D eigenvalue weighted by Crippen LogP contribution is 2.17. The number of benzene rings is 1. The van der Waals surface area contributed by atoms with Gasteiger partial charge in [0.25, 0.3) is 0 Å². The maximum Gasteiger partial charge on any atom is 0.228 e. The number of amides is 1. The first-order valence-electron chi connectivity index (χ1n) is 6.58. The Hall–Kier alpha value is -1.35. The number of anilines is 1. The van der Waals surface area contributed by atoms with Crippen molar-refractivity contribution in [1.82, 2.24) is 0 Å². The van der Waals surface area contributed by atoms with Gasteiger partial charge in [-0.25, -0.2) is 0 Å². The summed E-state index contributed by atoms with van der Waals surface area (Å²) in [6.07, 6.45) is 0.402. The molecular weight excluding hydrogens is 224 g/mol. The van der Waals surface area contributed by atoms with Crippen molar-refractivity contribution in [3.63, 3.8) is 0 Å². The number of nitrogens with zero attached hydrogens (tertiary/aromatic N) is 1. The molecule has 0 spiro atoms. The Morgan fingerprint density at radius 3 is 2.28 bits per heavy atom. The lowest BCUT2D eigenvalue weighted by atomic mass is 10.0. The Kier molecular flexibility index (Phi) is 5.35. The molecule has 3 nitrogen and oxygen atoms in total. The van der Waals surface area contributed by atoms with Gasteiger partial charge in [-0.3, -0.25) is 4.79 Å². The fraction of sp³-hybridized carbons (Fsp3) is 0.533. The van der Waals surface area contributed by atoms with E-state index in [-0.39, 0.29) is 11.9 Å². The first-order chi connectivity index (χ1) is 8.45. The molecule has 100 valence electrons. The van der Waals surface area contributed by atoms with Crippen molar-refractivity contribution in [2.75, 3.05) is 11.4 Å². The summed E-state index contributed by atoms with van der Waals surface area (Å²) in [5, 5.41) is 0. The first kappa shape index (κ1) is 14.7. The minimum absolute atomic E-state index is 0.0722. The minimum atomic E-state index is -0.0722. The smallest absolute Gasteiger partial charge is 0.228 e. The van der Waals surface area contributed by atoms with Gasteiger partial charge in [0.1, 0.15) is 0 Å². The molecule has 18 heavy (non-hydrogen) atoms. The van der Waals surface area contributed by atoms with Crippen LogP contribution in [-0.2, 0) is 4.79 Å². The zero-order valence-electron chi connectivity index (χ0n) is 11.8. The van der Waals surface area contributed by atoms with Crippen LogP contribution in [0.4, 0.5) is 5.69 Å². The third kappa shape index (κ3) is 3.84. The van der Waals surface area contributed by atoms with Crippen LogP contribution in [0.5, 0.6) is 0 Å². The van der Waals surface area contributed by atoms with Crippen molar-refractivity contribution < 1.29 is 4.79 Å². The highest BCUT2D eigenvalue weighted by molar-refractivity contribution is 5.93. The van der Waals surface area contributed by atoms with Gasteiger partial charge in [0.05, 0.1) is 0 Å². The molecular formula is C15H24N2O. The topological polar surface area (TPSA) is 46.3 Å². The standard InChI is InChI=1S/C15H24N2O/c1-5-17(13-8-6-12(4)7-9-13)15(18)10-14(16)11(2)3/h6-9,11,14H,5,10,16H2,1-4H3. The summed E-state index contributed by atoms with van der Waals surface area (Å²) in [7, 11) is 0. The quantitative estimate of drug-likeness (QED) is 0.871. The average molecular weight is 248 g/mol. The number of hydrogen-bond donors (Lipinski definition) is 1. The first-order valence-corrected chi connectivity index (χ1v) is 6.58. The Bertz CT molecular complexity index is 384. The van der Waals surface area contributed by atoms with Crippen molar-refractivity contribution in [2.24, 2.45) is 11.7 Å². The van der Waals surface area contributed by atoms with Gasteiger partial charge in [-0.1, -0.05) is 31.5 Å². The van der Waals surface area contributed by atoms with E-state index in [9.17, 15) is 4.79 Å². The van der Waals surface area contributed by atoms with Crippen molar-refractivity contribution in [3.05, 3.63) is 29.8 Å². The van der Waals surface area contributed by atoms with Gasteiger partial charge in [-0.05, 0) is 31.9 Å². The molecule has 2 N–H and O–H groups in total. The molecule has 1 amide bonds. The molecule has 1 aromatic carbocycles. The van der Waals surface area contributed by atoms with Gasteiger partial charge in [-0.15, -0.1) is 0 Å². The molecule has 1 atom stereocenters. The molecule has 1 aromatic rings. The van der Waals surface area contributed by atoms with Crippen LogP contribution in [0.3, 0.4) is 0 Å². The Balaban J connectivity index is 2.77. The third-order valence-corrected chi connectivity index (χ3v) is 3.23. The molecule has 0 saturated carbocycles. The Morgan fingerprint density at radius 1 is 1.28 bits per heavy atom. The molecule has 0 aromatic heterocycles. The van der Waals surface area contributed by atoms with Crippen LogP contribution in [0.1, 0.15) is 32.8 Å². The maximum atomic E-state index is 12.2. The van der Waals surface area contributed by atoms with Gasteiger partial charge in [0.2, 0.25) is 5.91 Å². The Labute approximate surface area is 110 Å². The average Bonchev–Trinajstić information content (AvgIpc) is 2.32. The van der Waals surface area contributed by atoms with E-state index in [1.165, 1.54) is 5.56 Å². The van der Waals surface area contributed by atoms with Crippen molar-refractivity contribution in [3.8, 4) is 0 Å². The van der Waals surface area contributed by atoms with Crippen LogP contribution in [0, 0.1) is 12.8 Å². The Morgan fingerprint density at radius 2 is 1.83 bits per heavy atom. The van der Waals surface area contributed by atoms with Crippen LogP contribution in [0.2, 0.25) is 0 Å². The lowest BCUT2D eigenvalue weighted by molar-refractivity contribution is -0.119. The van der Waals surface area contributed by atoms with Crippen molar-refractivity contribution in [2.45, 2.75) is 40.2 Å². The number of rotatable bonds is 5. The molecule has 0 aliphatic rings. The van der Waals surface area contributed by atoms with Crippen molar-refractivity contribution in [1.29, 1.82) is 0 Å². The number of hydrogen-bond acceptors (Lipinski definition) is 2. The highest BCUT2D eigenvalue weighted by atomic mass is 16.2. The second-order valence-electron chi connectivity index (χ2n) is 5.09. The molecule has 0 heterocycles. The van der Waals surface area contributed by atoms with Crippen LogP contribution >= 0.6 is 0 Å². The van der Waals surface area contributed by atoms with E-state index in [1.807, 2.05) is 52.0 Å². The second kappa shape index (κ2) is 6.55. The second-order valence-corrected chi connectivity index (χ2v) is 5.09. The molecule has 0 bridgehead atoms. The van der Waals surface area contributed by atoms with Crippen LogP contribution < -0.4 is 10.6 Å². The van der Waals surface area contributed by atoms with Gasteiger partial charge < -0.3 is 10.6 Å². The van der Waals surface area contributed by atoms with Crippen LogP contribution in [0.25, 0.3) is 0 Å². The summed E-state index contributed by atoms with van der Waals surface area (Å²) in [6.45, 7) is 8.78. The fourth-order valence-electron chi connectivity index (χ4n) is 1.78. The van der Waals surface area contributed by atoms with Gasteiger partial charge in [-0.2, -0.15) is 0 Å². The summed E-state index contributed by atoms with van der Waals surface area (Å²) in [5.74, 6) is 0.424.